The number of nitrogens with zero attached hydrogens (tertiary/aromatic N) is 3. The summed E-state index contributed by atoms with van der Waals surface area (Å²) in [5.74, 6) is 0.211. The van der Waals surface area contributed by atoms with Gasteiger partial charge in [-0.15, -0.1) is 0 Å². The number of benzene rings is 2. The van der Waals surface area contributed by atoms with Crippen molar-refractivity contribution in [2.45, 2.75) is 18.9 Å². The molecule has 6 nitrogen and oxygen atoms in total. The molecular formula is C26H22FN5O. The van der Waals surface area contributed by atoms with Crippen LogP contribution in [0.25, 0.3) is 27.9 Å². The van der Waals surface area contributed by atoms with Crippen LogP contribution in [0.3, 0.4) is 0 Å². The number of H-pyrrole nitrogens is 1. The molecule has 0 amide bonds. The van der Waals surface area contributed by atoms with Crippen LogP contribution in [0.1, 0.15) is 23.2 Å². The number of hydrogen-bond donors (Lipinski definition) is 2. The van der Waals surface area contributed by atoms with Gasteiger partial charge in [0.05, 0.1) is 24.4 Å². The number of rotatable bonds is 5. The number of halogens is 1. The molecule has 0 bridgehead atoms. The van der Waals surface area contributed by atoms with Crippen molar-refractivity contribution in [1.82, 2.24) is 20.3 Å². The fourth-order valence-electron chi connectivity index (χ4n) is 4.33. The molecule has 0 aliphatic carbocycles. The third kappa shape index (κ3) is 4.21. The summed E-state index contributed by atoms with van der Waals surface area (Å²) in [6.07, 6.45) is 5.37. The number of aromatic amines is 1. The molecule has 0 spiro atoms. The summed E-state index contributed by atoms with van der Waals surface area (Å²) >= 11 is 0. The quantitative estimate of drug-likeness (QED) is 0.473. The number of methoxy groups -OCH3 is 1. The molecule has 0 fully saturated rings. The number of ether oxygens (including phenoxy) is 1. The number of hydrogen-bond acceptors (Lipinski definition) is 5. The van der Waals surface area contributed by atoms with Gasteiger partial charge in [0.15, 0.2) is 0 Å². The van der Waals surface area contributed by atoms with E-state index in [-0.39, 0.29) is 11.9 Å². The molecule has 1 aliphatic rings. The monoisotopic (exact) mass is 439 g/mol. The van der Waals surface area contributed by atoms with Gasteiger partial charge in [0.2, 0.25) is 0 Å². The molecule has 0 saturated heterocycles. The Balaban J connectivity index is 1.43. The van der Waals surface area contributed by atoms with Crippen LogP contribution >= 0.6 is 0 Å². The van der Waals surface area contributed by atoms with Crippen LogP contribution in [0, 0.1) is 17.1 Å². The van der Waals surface area contributed by atoms with E-state index in [4.69, 9.17) is 10.00 Å². The third-order valence-electron chi connectivity index (χ3n) is 5.97. The molecule has 7 heteroatoms. The summed E-state index contributed by atoms with van der Waals surface area (Å²) in [4.78, 5) is 12.2. The van der Waals surface area contributed by atoms with E-state index in [1.807, 2.05) is 30.3 Å². The minimum atomic E-state index is -0.347. The summed E-state index contributed by atoms with van der Waals surface area (Å²) < 4.78 is 19.4. The lowest BCUT2D eigenvalue weighted by Crippen LogP contribution is -2.34. The van der Waals surface area contributed by atoms with Gasteiger partial charge in [-0.2, -0.15) is 5.26 Å². The fourth-order valence-corrected chi connectivity index (χ4v) is 4.33. The maximum absolute atomic E-state index is 14.0. The molecule has 0 radical (unpaired) electrons. The molecule has 2 N–H and O–H groups in total. The molecule has 1 unspecified atom stereocenters. The number of nitriles is 1. The van der Waals surface area contributed by atoms with Gasteiger partial charge in [-0.3, -0.25) is 0 Å². The molecule has 3 heterocycles. The molecule has 1 aliphatic heterocycles. The zero-order valence-electron chi connectivity index (χ0n) is 18.1. The van der Waals surface area contributed by atoms with Crippen LogP contribution in [0.4, 0.5) is 4.39 Å². The molecule has 4 aromatic rings. The molecule has 2 aromatic heterocycles. The highest BCUT2D eigenvalue weighted by Crippen LogP contribution is 2.35. The van der Waals surface area contributed by atoms with E-state index in [0.717, 1.165) is 30.5 Å². The molecule has 1 atom stereocenters. The van der Waals surface area contributed by atoms with E-state index in [2.05, 4.69) is 32.4 Å². The SMILES string of the molecule is COc1ccc(F)cc1-c1ncnc2[nH]c(C3=CCNC(Cc4ccc(C#N)cc4)C3)cc12. The van der Waals surface area contributed by atoms with E-state index in [9.17, 15) is 4.39 Å². The highest BCUT2D eigenvalue weighted by Gasteiger charge is 2.20. The Labute approximate surface area is 190 Å². The maximum Gasteiger partial charge on any atom is 0.141 e. The second-order valence-electron chi connectivity index (χ2n) is 8.06. The van der Waals surface area contributed by atoms with Gasteiger partial charge in [-0.25, -0.2) is 14.4 Å². The van der Waals surface area contributed by atoms with Crippen LogP contribution in [0.5, 0.6) is 5.75 Å². The Bertz CT molecular complexity index is 1380. The first-order valence-electron chi connectivity index (χ1n) is 10.7. The average molecular weight is 439 g/mol. The smallest absolute Gasteiger partial charge is 0.141 e. The van der Waals surface area contributed by atoms with Crippen molar-refractivity contribution in [3.05, 3.63) is 83.6 Å². The van der Waals surface area contributed by atoms with Gasteiger partial charge < -0.3 is 15.0 Å². The van der Waals surface area contributed by atoms with Gasteiger partial charge in [-0.1, -0.05) is 18.2 Å². The third-order valence-corrected chi connectivity index (χ3v) is 5.97. The van der Waals surface area contributed by atoms with Crippen LogP contribution < -0.4 is 10.1 Å². The van der Waals surface area contributed by atoms with Gasteiger partial charge in [0, 0.05) is 29.2 Å². The molecule has 164 valence electrons. The van der Waals surface area contributed by atoms with Crippen molar-refractivity contribution in [3.63, 3.8) is 0 Å². The normalized spacial score (nSPS) is 15.8. The van der Waals surface area contributed by atoms with Crippen molar-refractivity contribution in [2.75, 3.05) is 13.7 Å². The van der Waals surface area contributed by atoms with Gasteiger partial charge in [0.25, 0.3) is 0 Å². The molecule has 5 rings (SSSR count). The molecule has 0 saturated carbocycles. The van der Waals surface area contributed by atoms with Crippen LogP contribution in [0.15, 0.2) is 60.9 Å². The topological polar surface area (TPSA) is 86.6 Å². The first-order chi connectivity index (χ1) is 16.1. The van der Waals surface area contributed by atoms with E-state index >= 15 is 0 Å². The standard InChI is InChI=1S/C26H22FN5O/c1-33-24-7-6-19(27)12-21(24)25-22-13-23(32-26(22)31-15-30-25)18-8-9-29-20(11-18)10-16-2-4-17(14-28)5-3-16/h2-8,12-13,15,20,29H,9-11H2,1H3,(H,30,31,32). The zero-order valence-corrected chi connectivity index (χ0v) is 18.1. The second kappa shape index (κ2) is 8.85. The van der Waals surface area contributed by atoms with Crippen LogP contribution in [-0.2, 0) is 6.42 Å². The van der Waals surface area contributed by atoms with Crippen molar-refractivity contribution >= 4 is 16.6 Å². The minimum absolute atomic E-state index is 0.276. The summed E-state index contributed by atoms with van der Waals surface area (Å²) in [5.41, 5.74) is 5.95. The summed E-state index contributed by atoms with van der Waals surface area (Å²) in [7, 11) is 1.56. The first-order valence-corrected chi connectivity index (χ1v) is 10.7. The number of fused-ring (bicyclic) bond motifs is 1. The van der Waals surface area contributed by atoms with Crippen LogP contribution in [0.2, 0.25) is 0 Å². The first kappa shape index (κ1) is 20.9. The van der Waals surface area contributed by atoms with Gasteiger partial charge >= 0.3 is 0 Å². The Kier molecular flexibility index (Phi) is 5.59. The molecular weight excluding hydrogens is 417 g/mol. The second-order valence-corrected chi connectivity index (χ2v) is 8.06. The predicted octanol–water partition coefficient (Wildman–Crippen LogP) is 4.63. The minimum Gasteiger partial charge on any atom is -0.496 e. The highest BCUT2D eigenvalue weighted by molar-refractivity contribution is 5.94. The molecule has 2 aromatic carbocycles. The Morgan fingerprint density at radius 3 is 2.79 bits per heavy atom. The summed E-state index contributed by atoms with van der Waals surface area (Å²) in [5, 5.41) is 13.4. The van der Waals surface area contributed by atoms with Crippen molar-refractivity contribution in [3.8, 4) is 23.1 Å². The van der Waals surface area contributed by atoms with Gasteiger partial charge in [0.1, 0.15) is 23.5 Å². The van der Waals surface area contributed by atoms with E-state index in [0.29, 0.717) is 28.2 Å². The van der Waals surface area contributed by atoms with Crippen molar-refractivity contribution in [2.24, 2.45) is 0 Å². The lowest BCUT2D eigenvalue weighted by atomic mass is 9.94. The largest absolute Gasteiger partial charge is 0.496 e. The van der Waals surface area contributed by atoms with E-state index in [1.165, 1.54) is 29.6 Å². The van der Waals surface area contributed by atoms with Crippen LogP contribution in [-0.4, -0.2) is 34.6 Å². The number of nitrogens with one attached hydrogen (secondary N) is 2. The summed E-state index contributed by atoms with van der Waals surface area (Å²) in [6.45, 7) is 0.766. The fraction of sp³-hybridized carbons (Fsp3) is 0.192. The Morgan fingerprint density at radius 1 is 1.15 bits per heavy atom. The predicted molar refractivity (Wildman–Crippen MR) is 125 cm³/mol. The van der Waals surface area contributed by atoms with E-state index < -0.39 is 0 Å². The van der Waals surface area contributed by atoms with Crippen molar-refractivity contribution in [1.29, 1.82) is 5.26 Å². The average Bonchev–Trinajstić information content (AvgIpc) is 3.29. The van der Waals surface area contributed by atoms with Crippen molar-refractivity contribution < 1.29 is 9.13 Å². The Morgan fingerprint density at radius 2 is 2.00 bits per heavy atom. The maximum atomic E-state index is 14.0. The highest BCUT2D eigenvalue weighted by atomic mass is 19.1. The zero-order chi connectivity index (χ0) is 22.8. The van der Waals surface area contributed by atoms with E-state index in [1.54, 1.807) is 13.2 Å². The molecule has 33 heavy (non-hydrogen) atoms. The number of aromatic nitrogens is 3. The van der Waals surface area contributed by atoms with Gasteiger partial charge in [-0.05, 0) is 60.4 Å². The summed E-state index contributed by atoms with van der Waals surface area (Å²) in [6, 6.07) is 16.6. The Hall–Kier alpha value is -4.02. The lowest BCUT2D eigenvalue weighted by molar-refractivity contribution is 0.415. The lowest BCUT2D eigenvalue weighted by Gasteiger charge is -2.24.